The van der Waals surface area contributed by atoms with E-state index in [1.807, 2.05) is 12.1 Å². The van der Waals surface area contributed by atoms with Crippen LogP contribution in [-0.4, -0.2) is 34.0 Å². The fourth-order valence-electron chi connectivity index (χ4n) is 3.60. The molecule has 0 aliphatic rings. The number of imidazole rings is 1. The molecule has 1 heterocycles. The van der Waals surface area contributed by atoms with E-state index in [2.05, 4.69) is 46.7 Å². The number of rotatable bonds is 5. The highest BCUT2D eigenvalue weighted by Crippen LogP contribution is 2.29. The molecule has 0 aliphatic heterocycles. The summed E-state index contributed by atoms with van der Waals surface area (Å²) in [5.41, 5.74) is 4.78. The number of benzene rings is 3. The van der Waals surface area contributed by atoms with Crippen LogP contribution in [-0.2, 0) is 5.41 Å². The third kappa shape index (κ3) is 5.69. The SMILES string of the molecule is COc1cc(NC(=S)NC(=O)c2ccc(C(C)(C)C)cc2)ccc1NC(=O)c1ccc2nc[nH]c2c1. The van der Waals surface area contributed by atoms with Crippen LogP contribution in [0.4, 0.5) is 11.4 Å². The number of carbonyl (C=O) groups is 2. The Balaban J connectivity index is 1.40. The predicted octanol–water partition coefficient (Wildman–Crippen LogP) is 5.25. The average molecular weight is 502 g/mol. The second kappa shape index (κ2) is 10.2. The minimum Gasteiger partial charge on any atom is -0.494 e. The standard InChI is InChI=1S/C27H27N5O3S/c1-27(2,3)18-8-5-16(6-9-18)24(33)32-26(36)30-19-10-12-21(23(14-19)35-4)31-25(34)17-7-11-20-22(13-17)29-15-28-20/h5-15H,1-4H3,(H,28,29)(H,31,34)(H2,30,32,33,36). The first-order valence-corrected chi connectivity index (χ1v) is 11.7. The fraction of sp³-hybridized carbons (Fsp3) is 0.185. The molecular formula is C27H27N5O3S. The summed E-state index contributed by atoms with van der Waals surface area (Å²) in [4.78, 5) is 32.5. The van der Waals surface area contributed by atoms with E-state index in [0.717, 1.165) is 16.6 Å². The lowest BCUT2D eigenvalue weighted by atomic mass is 9.87. The molecule has 2 amide bonds. The van der Waals surface area contributed by atoms with E-state index in [1.54, 1.807) is 54.9 Å². The molecule has 0 radical (unpaired) electrons. The van der Waals surface area contributed by atoms with Crippen LogP contribution < -0.4 is 20.7 Å². The summed E-state index contributed by atoms with van der Waals surface area (Å²) in [6.07, 6.45) is 1.58. The zero-order valence-electron chi connectivity index (χ0n) is 20.4. The molecule has 36 heavy (non-hydrogen) atoms. The molecule has 3 aromatic carbocycles. The number of H-pyrrole nitrogens is 1. The molecule has 0 bridgehead atoms. The monoisotopic (exact) mass is 501 g/mol. The maximum absolute atomic E-state index is 12.8. The zero-order valence-corrected chi connectivity index (χ0v) is 21.2. The second-order valence-electron chi connectivity index (χ2n) is 9.24. The second-order valence-corrected chi connectivity index (χ2v) is 9.65. The van der Waals surface area contributed by atoms with E-state index in [-0.39, 0.29) is 22.3 Å². The number of thiocarbonyl (C=S) groups is 1. The van der Waals surface area contributed by atoms with Crippen LogP contribution >= 0.6 is 12.2 Å². The van der Waals surface area contributed by atoms with Crippen molar-refractivity contribution in [2.45, 2.75) is 26.2 Å². The Labute approximate surface area is 214 Å². The molecule has 8 nitrogen and oxygen atoms in total. The van der Waals surface area contributed by atoms with E-state index >= 15 is 0 Å². The van der Waals surface area contributed by atoms with Gasteiger partial charge in [0, 0.05) is 22.9 Å². The van der Waals surface area contributed by atoms with Crippen LogP contribution in [0.2, 0.25) is 0 Å². The molecule has 0 fully saturated rings. The van der Waals surface area contributed by atoms with Gasteiger partial charge in [0.1, 0.15) is 5.75 Å². The van der Waals surface area contributed by atoms with Crippen LogP contribution in [0.3, 0.4) is 0 Å². The third-order valence-electron chi connectivity index (χ3n) is 5.63. The van der Waals surface area contributed by atoms with Crippen LogP contribution in [0, 0.1) is 0 Å². The van der Waals surface area contributed by atoms with Crippen LogP contribution in [0.25, 0.3) is 11.0 Å². The number of nitrogens with one attached hydrogen (secondary N) is 4. The van der Waals surface area contributed by atoms with Crippen molar-refractivity contribution in [3.63, 3.8) is 0 Å². The van der Waals surface area contributed by atoms with E-state index < -0.39 is 0 Å². The highest BCUT2D eigenvalue weighted by Gasteiger charge is 2.16. The minimum absolute atomic E-state index is 0.00379. The summed E-state index contributed by atoms with van der Waals surface area (Å²) >= 11 is 5.31. The van der Waals surface area contributed by atoms with Gasteiger partial charge in [-0.15, -0.1) is 0 Å². The number of hydrogen-bond acceptors (Lipinski definition) is 5. The summed E-state index contributed by atoms with van der Waals surface area (Å²) in [6.45, 7) is 6.35. The first kappa shape index (κ1) is 24.9. The fourth-order valence-corrected chi connectivity index (χ4v) is 3.81. The normalized spacial score (nSPS) is 11.1. The molecule has 1 aromatic heterocycles. The van der Waals surface area contributed by atoms with Gasteiger partial charge in [-0.2, -0.15) is 0 Å². The minimum atomic E-state index is -0.307. The number of carbonyl (C=O) groups excluding carboxylic acids is 2. The molecule has 4 rings (SSSR count). The number of amides is 2. The largest absolute Gasteiger partial charge is 0.494 e. The summed E-state index contributed by atoms with van der Waals surface area (Å²) in [6, 6.07) is 17.8. The lowest BCUT2D eigenvalue weighted by Crippen LogP contribution is -2.34. The molecule has 0 saturated heterocycles. The Morgan fingerprint density at radius 2 is 1.64 bits per heavy atom. The van der Waals surface area contributed by atoms with Gasteiger partial charge in [-0.3, -0.25) is 14.9 Å². The molecular weight excluding hydrogens is 474 g/mol. The topological polar surface area (TPSA) is 108 Å². The molecule has 9 heteroatoms. The highest BCUT2D eigenvalue weighted by atomic mass is 32.1. The van der Waals surface area contributed by atoms with Crippen molar-refractivity contribution in [3.8, 4) is 5.75 Å². The van der Waals surface area contributed by atoms with Crippen molar-refractivity contribution in [1.82, 2.24) is 15.3 Å². The molecule has 0 aliphatic carbocycles. The van der Waals surface area contributed by atoms with Crippen molar-refractivity contribution in [2.75, 3.05) is 17.7 Å². The maximum atomic E-state index is 12.8. The molecule has 4 N–H and O–H groups in total. The summed E-state index contributed by atoms with van der Waals surface area (Å²) < 4.78 is 5.45. The van der Waals surface area contributed by atoms with E-state index in [0.29, 0.717) is 28.3 Å². The first-order valence-electron chi connectivity index (χ1n) is 11.3. The maximum Gasteiger partial charge on any atom is 0.257 e. The lowest BCUT2D eigenvalue weighted by Gasteiger charge is -2.19. The summed E-state index contributed by atoms with van der Waals surface area (Å²) in [5.74, 6) is -0.160. The van der Waals surface area contributed by atoms with Crippen molar-refractivity contribution in [1.29, 1.82) is 0 Å². The van der Waals surface area contributed by atoms with Gasteiger partial charge in [-0.1, -0.05) is 32.9 Å². The van der Waals surface area contributed by atoms with Crippen LogP contribution in [0.5, 0.6) is 5.75 Å². The van der Waals surface area contributed by atoms with Crippen LogP contribution in [0.1, 0.15) is 47.1 Å². The Kier molecular flexibility index (Phi) is 7.03. The van der Waals surface area contributed by atoms with Gasteiger partial charge in [0.05, 0.1) is 30.2 Å². The van der Waals surface area contributed by atoms with E-state index in [4.69, 9.17) is 17.0 Å². The number of anilines is 2. The van der Waals surface area contributed by atoms with Crippen molar-refractivity contribution in [3.05, 3.63) is 83.7 Å². The van der Waals surface area contributed by atoms with Gasteiger partial charge in [0.15, 0.2) is 5.11 Å². The molecule has 0 saturated carbocycles. The zero-order chi connectivity index (χ0) is 25.9. The van der Waals surface area contributed by atoms with Gasteiger partial charge in [-0.25, -0.2) is 4.98 Å². The molecule has 4 aromatic rings. The average Bonchev–Trinajstić information content (AvgIpc) is 3.32. The molecule has 184 valence electrons. The number of ether oxygens (including phenoxy) is 1. The highest BCUT2D eigenvalue weighted by molar-refractivity contribution is 7.80. The quantitative estimate of drug-likeness (QED) is 0.278. The summed E-state index contributed by atoms with van der Waals surface area (Å²) in [7, 11) is 1.51. The van der Waals surface area contributed by atoms with Crippen molar-refractivity contribution >= 4 is 51.6 Å². The Bertz CT molecular complexity index is 1440. The van der Waals surface area contributed by atoms with Crippen molar-refractivity contribution < 1.29 is 14.3 Å². The number of hydrogen-bond donors (Lipinski definition) is 4. The summed E-state index contributed by atoms with van der Waals surface area (Å²) in [5, 5.41) is 8.66. The van der Waals surface area contributed by atoms with E-state index in [9.17, 15) is 9.59 Å². The Morgan fingerprint density at radius 3 is 2.33 bits per heavy atom. The Morgan fingerprint density at radius 1 is 0.917 bits per heavy atom. The number of fused-ring (bicyclic) bond motifs is 1. The van der Waals surface area contributed by atoms with Crippen molar-refractivity contribution in [2.24, 2.45) is 0 Å². The first-order chi connectivity index (χ1) is 17.1. The number of methoxy groups -OCH3 is 1. The number of aromatic amines is 1. The number of aromatic nitrogens is 2. The van der Waals surface area contributed by atoms with E-state index in [1.165, 1.54) is 7.11 Å². The number of nitrogens with zero attached hydrogens (tertiary/aromatic N) is 1. The molecule has 0 atom stereocenters. The van der Waals surface area contributed by atoms with Gasteiger partial charge < -0.3 is 20.4 Å². The third-order valence-corrected chi connectivity index (χ3v) is 5.83. The van der Waals surface area contributed by atoms with Crippen LogP contribution in [0.15, 0.2) is 67.0 Å². The van der Waals surface area contributed by atoms with Gasteiger partial charge >= 0.3 is 0 Å². The molecule has 0 spiro atoms. The Hall–Kier alpha value is -4.24. The van der Waals surface area contributed by atoms with Gasteiger partial charge in [0.2, 0.25) is 0 Å². The molecule has 0 unspecified atom stereocenters. The smallest absolute Gasteiger partial charge is 0.257 e. The lowest BCUT2D eigenvalue weighted by molar-refractivity contribution is 0.0976. The van der Waals surface area contributed by atoms with Gasteiger partial charge in [0.25, 0.3) is 11.8 Å². The van der Waals surface area contributed by atoms with Gasteiger partial charge in [-0.05, 0) is 65.7 Å². The predicted molar refractivity (Wildman–Crippen MR) is 146 cm³/mol.